The Kier molecular flexibility index (Phi) is 4.02. The van der Waals surface area contributed by atoms with Gasteiger partial charge in [0.2, 0.25) is 5.13 Å². The zero-order valence-corrected chi connectivity index (χ0v) is 12.2. The summed E-state index contributed by atoms with van der Waals surface area (Å²) in [5.74, 6) is 2.14. The third kappa shape index (κ3) is 2.65. The molecule has 0 unspecified atom stereocenters. The van der Waals surface area contributed by atoms with Gasteiger partial charge in [0.05, 0.1) is 0 Å². The average molecular weight is 275 g/mol. The second kappa shape index (κ2) is 5.14. The number of hydrogen-bond acceptors (Lipinski definition) is 6. The Hall–Kier alpha value is 0.0600. The lowest BCUT2D eigenvalue weighted by molar-refractivity contribution is 0.205. The van der Waals surface area contributed by atoms with E-state index in [2.05, 4.69) is 22.8 Å². The summed E-state index contributed by atoms with van der Waals surface area (Å²) in [7, 11) is 3.99. The van der Waals surface area contributed by atoms with Gasteiger partial charge in [-0.3, -0.25) is 0 Å². The minimum atomic E-state index is 0.470. The van der Waals surface area contributed by atoms with Gasteiger partial charge in [-0.15, -0.1) is 10.2 Å². The lowest BCUT2D eigenvalue weighted by Gasteiger charge is -2.40. The van der Waals surface area contributed by atoms with E-state index < -0.39 is 0 Å². The quantitative estimate of drug-likeness (QED) is 0.661. The van der Waals surface area contributed by atoms with Crippen LogP contribution >= 0.6 is 35.7 Å². The molecule has 1 aliphatic carbocycles. The van der Waals surface area contributed by atoms with E-state index in [1.165, 1.54) is 19.3 Å². The van der Waals surface area contributed by atoms with Crippen LogP contribution in [0.25, 0.3) is 0 Å². The SMILES string of the molecule is CN(C)c1nnc(SCC2(CS)CCC2)s1. The van der Waals surface area contributed by atoms with Crippen LogP contribution in [-0.2, 0) is 0 Å². The van der Waals surface area contributed by atoms with Crippen molar-refractivity contribution >= 4 is 40.9 Å². The summed E-state index contributed by atoms with van der Waals surface area (Å²) in [5.41, 5.74) is 0.470. The molecule has 0 bridgehead atoms. The summed E-state index contributed by atoms with van der Waals surface area (Å²) >= 11 is 7.97. The van der Waals surface area contributed by atoms with E-state index in [9.17, 15) is 0 Å². The Morgan fingerprint density at radius 1 is 1.44 bits per heavy atom. The second-order valence-electron chi connectivity index (χ2n) is 4.55. The summed E-state index contributed by atoms with van der Waals surface area (Å²) < 4.78 is 1.08. The maximum absolute atomic E-state index is 4.46. The first kappa shape index (κ1) is 12.5. The summed E-state index contributed by atoms with van der Waals surface area (Å²) in [6.45, 7) is 0. The van der Waals surface area contributed by atoms with Gasteiger partial charge in [0, 0.05) is 19.8 Å². The molecule has 1 saturated carbocycles. The molecule has 3 nitrogen and oxygen atoms in total. The first-order valence-corrected chi connectivity index (χ1v) is 7.83. The van der Waals surface area contributed by atoms with Crippen molar-refractivity contribution in [3.8, 4) is 0 Å². The Morgan fingerprint density at radius 2 is 2.19 bits per heavy atom. The summed E-state index contributed by atoms with van der Waals surface area (Å²) in [5, 5.41) is 9.32. The van der Waals surface area contributed by atoms with Crippen LogP contribution in [0.5, 0.6) is 0 Å². The van der Waals surface area contributed by atoms with Crippen molar-refractivity contribution in [2.24, 2.45) is 5.41 Å². The van der Waals surface area contributed by atoms with Crippen LogP contribution in [0.3, 0.4) is 0 Å². The van der Waals surface area contributed by atoms with Gasteiger partial charge in [-0.05, 0) is 24.0 Å². The van der Waals surface area contributed by atoms with Crippen LogP contribution in [0, 0.1) is 5.41 Å². The standard InChI is InChI=1S/C10H17N3S3/c1-13(2)8-11-12-9(16-8)15-7-10(6-14)4-3-5-10/h14H,3-7H2,1-2H3. The molecule has 0 radical (unpaired) electrons. The average Bonchev–Trinajstić information content (AvgIpc) is 2.65. The third-order valence-corrected chi connectivity index (χ3v) is 6.28. The van der Waals surface area contributed by atoms with E-state index >= 15 is 0 Å². The molecular formula is C10H17N3S3. The maximum Gasteiger partial charge on any atom is 0.208 e. The molecular weight excluding hydrogens is 258 g/mol. The number of thiol groups is 1. The molecule has 0 aromatic carbocycles. The van der Waals surface area contributed by atoms with Gasteiger partial charge in [-0.2, -0.15) is 12.6 Å². The molecule has 0 spiro atoms. The molecule has 16 heavy (non-hydrogen) atoms. The lowest BCUT2D eigenvalue weighted by Crippen LogP contribution is -2.33. The Balaban J connectivity index is 1.89. The highest BCUT2D eigenvalue weighted by Crippen LogP contribution is 2.45. The Morgan fingerprint density at radius 3 is 2.62 bits per heavy atom. The van der Waals surface area contributed by atoms with Crippen molar-refractivity contribution in [1.82, 2.24) is 10.2 Å². The lowest BCUT2D eigenvalue weighted by atomic mass is 9.72. The molecule has 1 heterocycles. The van der Waals surface area contributed by atoms with Gasteiger partial charge in [-0.25, -0.2) is 0 Å². The van der Waals surface area contributed by atoms with Gasteiger partial charge in [0.1, 0.15) is 0 Å². The highest BCUT2D eigenvalue weighted by Gasteiger charge is 2.35. The van der Waals surface area contributed by atoms with Crippen LogP contribution in [0.2, 0.25) is 0 Å². The van der Waals surface area contributed by atoms with Crippen molar-refractivity contribution in [3.63, 3.8) is 0 Å². The van der Waals surface area contributed by atoms with E-state index in [1.807, 2.05) is 30.8 Å². The minimum Gasteiger partial charge on any atom is -0.353 e. The summed E-state index contributed by atoms with van der Waals surface area (Å²) in [6, 6.07) is 0. The number of nitrogens with zero attached hydrogens (tertiary/aromatic N) is 3. The molecule has 1 fully saturated rings. The van der Waals surface area contributed by atoms with Gasteiger partial charge < -0.3 is 4.90 Å². The van der Waals surface area contributed by atoms with Crippen LogP contribution in [0.15, 0.2) is 4.34 Å². The van der Waals surface area contributed by atoms with E-state index in [1.54, 1.807) is 11.3 Å². The van der Waals surface area contributed by atoms with Gasteiger partial charge in [-0.1, -0.05) is 29.5 Å². The van der Waals surface area contributed by atoms with Crippen LogP contribution in [0.4, 0.5) is 5.13 Å². The zero-order valence-electron chi connectivity index (χ0n) is 9.64. The predicted molar refractivity (Wildman–Crippen MR) is 75.1 cm³/mol. The molecule has 0 amide bonds. The fourth-order valence-corrected chi connectivity index (χ4v) is 4.32. The van der Waals surface area contributed by atoms with Crippen LogP contribution in [0.1, 0.15) is 19.3 Å². The smallest absolute Gasteiger partial charge is 0.208 e. The van der Waals surface area contributed by atoms with Crippen molar-refractivity contribution in [2.75, 3.05) is 30.5 Å². The molecule has 0 N–H and O–H groups in total. The van der Waals surface area contributed by atoms with Gasteiger partial charge >= 0.3 is 0 Å². The fraction of sp³-hybridized carbons (Fsp3) is 0.800. The minimum absolute atomic E-state index is 0.470. The largest absolute Gasteiger partial charge is 0.353 e. The molecule has 1 aromatic rings. The number of rotatable bonds is 5. The second-order valence-corrected chi connectivity index (χ2v) is 7.04. The highest BCUT2D eigenvalue weighted by molar-refractivity contribution is 8.01. The van der Waals surface area contributed by atoms with E-state index in [4.69, 9.17) is 0 Å². The first-order chi connectivity index (χ1) is 7.65. The van der Waals surface area contributed by atoms with E-state index in [-0.39, 0.29) is 0 Å². The number of hydrogen-bond donors (Lipinski definition) is 1. The first-order valence-electron chi connectivity index (χ1n) is 5.40. The van der Waals surface area contributed by atoms with Crippen molar-refractivity contribution < 1.29 is 0 Å². The summed E-state index contributed by atoms with van der Waals surface area (Å²) in [4.78, 5) is 2.00. The monoisotopic (exact) mass is 275 g/mol. The number of thioether (sulfide) groups is 1. The van der Waals surface area contributed by atoms with Crippen molar-refractivity contribution in [2.45, 2.75) is 23.6 Å². The topological polar surface area (TPSA) is 29.0 Å². The van der Waals surface area contributed by atoms with Crippen LogP contribution in [-0.4, -0.2) is 35.8 Å². The molecule has 0 atom stereocenters. The predicted octanol–water partition coefficient (Wildman–Crippen LogP) is 2.80. The number of anilines is 1. The van der Waals surface area contributed by atoms with Gasteiger partial charge in [0.25, 0.3) is 0 Å². The Bertz CT molecular complexity index is 341. The highest BCUT2D eigenvalue weighted by atomic mass is 32.2. The van der Waals surface area contributed by atoms with Gasteiger partial charge in [0.15, 0.2) is 4.34 Å². The summed E-state index contributed by atoms with van der Waals surface area (Å²) in [6.07, 6.45) is 4.01. The van der Waals surface area contributed by atoms with E-state index in [0.717, 1.165) is 21.0 Å². The Labute approximate surface area is 110 Å². The molecule has 1 aromatic heterocycles. The fourth-order valence-electron chi connectivity index (χ4n) is 1.68. The molecule has 2 rings (SSSR count). The van der Waals surface area contributed by atoms with Crippen LogP contribution < -0.4 is 4.90 Å². The van der Waals surface area contributed by atoms with Crippen molar-refractivity contribution in [3.05, 3.63) is 0 Å². The molecule has 6 heteroatoms. The van der Waals surface area contributed by atoms with E-state index in [0.29, 0.717) is 5.41 Å². The molecule has 90 valence electrons. The molecule has 0 aliphatic heterocycles. The number of aromatic nitrogens is 2. The maximum atomic E-state index is 4.46. The molecule has 0 saturated heterocycles. The zero-order chi connectivity index (χ0) is 11.6. The third-order valence-electron chi connectivity index (χ3n) is 3.03. The van der Waals surface area contributed by atoms with Crippen molar-refractivity contribution in [1.29, 1.82) is 0 Å². The molecule has 1 aliphatic rings. The normalized spacial score (nSPS) is 18.2.